The van der Waals surface area contributed by atoms with Crippen molar-refractivity contribution in [3.8, 4) is 11.8 Å². The molecule has 3 nitrogen and oxygen atoms in total. The molecule has 0 aliphatic heterocycles. The zero-order chi connectivity index (χ0) is 10.2. The van der Waals surface area contributed by atoms with Crippen LogP contribution in [0.5, 0.6) is 5.75 Å². The van der Waals surface area contributed by atoms with Crippen LogP contribution < -0.4 is 10.5 Å². The molecule has 1 aromatic carbocycles. The summed E-state index contributed by atoms with van der Waals surface area (Å²) in [7, 11) is 0. The molecule has 0 amide bonds. The van der Waals surface area contributed by atoms with Gasteiger partial charge in [0.15, 0.2) is 0 Å². The summed E-state index contributed by atoms with van der Waals surface area (Å²) >= 11 is 0. The highest BCUT2D eigenvalue weighted by molar-refractivity contribution is 5.26. The van der Waals surface area contributed by atoms with Crippen molar-refractivity contribution in [2.45, 2.75) is 19.4 Å². The first-order valence-corrected chi connectivity index (χ1v) is 4.65. The Kier molecular flexibility index (Phi) is 4.53. The van der Waals surface area contributed by atoms with Gasteiger partial charge in [-0.2, -0.15) is 5.26 Å². The molecule has 0 heterocycles. The Hall–Kier alpha value is -1.53. The van der Waals surface area contributed by atoms with Crippen molar-refractivity contribution in [3.05, 3.63) is 29.8 Å². The van der Waals surface area contributed by atoms with E-state index in [-0.39, 0.29) is 0 Å². The first kappa shape index (κ1) is 10.6. The molecule has 0 radical (unpaired) electrons. The molecule has 2 N–H and O–H groups in total. The average Bonchev–Trinajstić information content (AvgIpc) is 2.25. The summed E-state index contributed by atoms with van der Waals surface area (Å²) < 4.78 is 5.42. The highest BCUT2D eigenvalue weighted by atomic mass is 16.5. The van der Waals surface area contributed by atoms with Crippen LogP contribution in [-0.2, 0) is 6.54 Å². The number of nitrogens with zero attached hydrogens (tertiary/aromatic N) is 1. The van der Waals surface area contributed by atoms with E-state index < -0.39 is 0 Å². The summed E-state index contributed by atoms with van der Waals surface area (Å²) in [5.74, 6) is 0.833. The van der Waals surface area contributed by atoms with Crippen LogP contribution in [0.4, 0.5) is 0 Å². The van der Waals surface area contributed by atoms with Crippen molar-refractivity contribution in [2.75, 3.05) is 6.61 Å². The number of rotatable bonds is 5. The summed E-state index contributed by atoms with van der Waals surface area (Å²) in [4.78, 5) is 0. The van der Waals surface area contributed by atoms with Crippen LogP contribution in [0.25, 0.3) is 0 Å². The van der Waals surface area contributed by atoms with E-state index >= 15 is 0 Å². The molecule has 1 aromatic rings. The molecule has 0 atom stereocenters. The Morgan fingerprint density at radius 1 is 1.29 bits per heavy atom. The lowest BCUT2D eigenvalue weighted by molar-refractivity contribution is 0.312. The number of unbranched alkanes of at least 4 members (excludes halogenated alkanes) is 1. The lowest BCUT2D eigenvalue weighted by atomic mass is 10.2. The van der Waals surface area contributed by atoms with E-state index in [9.17, 15) is 0 Å². The van der Waals surface area contributed by atoms with Crippen LogP contribution in [0.15, 0.2) is 24.3 Å². The summed E-state index contributed by atoms with van der Waals surface area (Å²) in [6.07, 6.45) is 1.32. The molecular weight excluding hydrogens is 176 g/mol. The molecule has 0 aliphatic carbocycles. The standard InChI is InChI=1S/C11H14N2O/c12-7-1-2-8-14-11-5-3-10(9-13)4-6-11/h3-6H,1-2,8-9,13H2. The molecule has 0 unspecified atom stereocenters. The molecule has 0 saturated carbocycles. The third-order valence-corrected chi connectivity index (χ3v) is 1.86. The van der Waals surface area contributed by atoms with E-state index in [1.54, 1.807) is 0 Å². The van der Waals surface area contributed by atoms with E-state index in [2.05, 4.69) is 6.07 Å². The van der Waals surface area contributed by atoms with Crippen molar-refractivity contribution < 1.29 is 4.74 Å². The second kappa shape index (κ2) is 6.01. The Balaban J connectivity index is 2.33. The van der Waals surface area contributed by atoms with Gasteiger partial charge in [-0.05, 0) is 24.1 Å². The second-order valence-corrected chi connectivity index (χ2v) is 2.96. The lowest BCUT2D eigenvalue weighted by Crippen LogP contribution is -1.98. The molecule has 1 rings (SSSR count). The minimum absolute atomic E-state index is 0.543. The minimum Gasteiger partial charge on any atom is -0.494 e. The molecule has 74 valence electrons. The number of benzene rings is 1. The fourth-order valence-corrected chi connectivity index (χ4v) is 1.06. The lowest BCUT2D eigenvalue weighted by Gasteiger charge is -2.04. The molecule has 0 saturated heterocycles. The van der Waals surface area contributed by atoms with Gasteiger partial charge < -0.3 is 10.5 Å². The number of hydrogen-bond acceptors (Lipinski definition) is 3. The van der Waals surface area contributed by atoms with Crippen LogP contribution in [0.3, 0.4) is 0 Å². The molecule has 0 spiro atoms. The molecule has 0 bridgehead atoms. The van der Waals surface area contributed by atoms with E-state index in [0.717, 1.165) is 17.7 Å². The van der Waals surface area contributed by atoms with Gasteiger partial charge >= 0.3 is 0 Å². The average molecular weight is 190 g/mol. The largest absolute Gasteiger partial charge is 0.494 e. The van der Waals surface area contributed by atoms with Crippen LogP contribution in [0.2, 0.25) is 0 Å². The summed E-state index contributed by atoms with van der Waals surface area (Å²) in [6.45, 7) is 1.14. The van der Waals surface area contributed by atoms with Gasteiger partial charge in [0.25, 0.3) is 0 Å². The van der Waals surface area contributed by atoms with Gasteiger partial charge in [0.05, 0.1) is 12.7 Å². The maximum Gasteiger partial charge on any atom is 0.119 e. The Morgan fingerprint density at radius 3 is 2.57 bits per heavy atom. The maximum absolute atomic E-state index is 8.31. The van der Waals surface area contributed by atoms with E-state index in [1.807, 2.05) is 24.3 Å². The molecule has 0 fully saturated rings. The predicted molar refractivity (Wildman–Crippen MR) is 54.7 cm³/mol. The molecule has 0 aliphatic rings. The third-order valence-electron chi connectivity index (χ3n) is 1.86. The summed E-state index contributed by atoms with van der Waals surface area (Å²) in [5, 5.41) is 8.31. The molecule has 3 heteroatoms. The number of hydrogen-bond donors (Lipinski definition) is 1. The van der Waals surface area contributed by atoms with E-state index in [4.69, 9.17) is 15.7 Å². The van der Waals surface area contributed by atoms with Gasteiger partial charge in [-0.3, -0.25) is 0 Å². The Morgan fingerprint density at radius 2 is 2.00 bits per heavy atom. The van der Waals surface area contributed by atoms with Gasteiger partial charge in [0.2, 0.25) is 0 Å². The van der Waals surface area contributed by atoms with E-state index in [0.29, 0.717) is 19.6 Å². The second-order valence-electron chi connectivity index (χ2n) is 2.96. The fourth-order valence-electron chi connectivity index (χ4n) is 1.06. The van der Waals surface area contributed by atoms with Crippen molar-refractivity contribution >= 4 is 0 Å². The first-order valence-electron chi connectivity index (χ1n) is 4.65. The fraction of sp³-hybridized carbons (Fsp3) is 0.364. The van der Waals surface area contributed by atoms with Gasteiger partial charge in [0, 0.05) is 13.0 Å². The topological polar surface area (TPSA) is 59.0 Å². The minimum atomic E-state index is 0.543. The normalized spacial score (nSPS) is 9.43. The predicted octanol–water partition coefficient (Wildman–Crippen LogP) is 1.83. The van der Waals surface area contributed by atoms with E-state index in [1.165, 1.54) is 0 Å². The van der Waals surface area contributed by atoms with Crippen LogP contribution in [0, 0.1) is 11.3 Å². The van der Waals surface area contributed by atoms with Crippen LogP contribution >= 0.6 is 0 Å². The first-order chi connectivity index (χ1) is 6.86. The van der Waals surface area contributed by atoms with Gasteiger partial charge in [0.1, 0.15) is 5.75 Å². The monoisotopic (exact) mass is 190 g/mol. The highest BCUT2D eigenvalue weighted by Crippen LogP contribution is 2.11. The van der Waals surface area contributed by atoms with Gasteiger partial charge in [-0.1, -0.05) is 12.1 Å². The number of nitriles is 1. The van der Waals surface area contributed by atoms with Crippen molar-refractivity contribution in [1.29, 1.82) is 5.26 Å². The smallest absolute Gasteiger partial charge is 0.119 e. The highest BCUT2D eigenvalue weighted by Gasteiger charge is 1.93. The zero-order valence-electron chi connectivity index (χ0n) is 8.07. The van der Waals surface area contributed by atoms with Crippen LogP contribution in [0.1, 0.15) is 18.4 Å². The maximum atomic E-state index is 8.31. The zero-order valence-corrected chi connectivity index (χ0v) is 8.07. The molecule has 14 heavy (non-hydrogen) atoms. The third kappa shape index (κ3) is 3.46. The Labute approximate surface area is 84.1 Å². The quantitative estimate of drug-likeness (QED) is 0.720. The van der Waals surface area contributed by atoms with Gasteiger partial charge in [-0.25, -0.2) is 0 Å². The van der Waals surface area contributed by atoms with Gasteiger partial charge in [-0.15, -0.1) is 0 Å². The molecular formula is C11H14N2O. The number of nitrogens with two attached hydrogens (primary N) is 1. The van der Waals surface area contributed by atoms with Crippen molar-refractivity contribution in [3.63, 3.8) is 0 Å². The van der Waals surface area contributed by atoms with Crippen LogP contribution in [-0.4, -0.2) is 6.61 Å². The SMILES string of the molecule is N#CCCCOc1ccc(CN)cc1. The molecule has 0 aromatic heterocycles. The summed E-state index contributed by atoms with van der Waals surface area (Å²) in [6, 6.07) is 9.76. The van der Waals surface area contributed by atoms with Crippen molar-refractivity contribution in [2.24, 2.45) is 5.73 Å². The van der Waals surface area contributed by atoms with Crippen molar-refractivity contribution in [1.82, 2.24) is 0 Å². The number of ether oxygens (including phenoxy) is 1. The Bertz CT molecular complexity index is 300. The summed E-state index contributed by atoms with van der Waals surface area (Å²) in [5.41, 5.74) is 6.55.